The van der Waals surface area contributed by atoms with E-state index >= 15 is 0 Å². The third-order valence-electron chi connectivity index (χ3n) is 5.64. The van der Waals surface area contributed by atoms with Crippen LogP contribution in [0.25, 0.3) is 16.5 Å². The van der Waals surface area contributed by atoms with E-state index in [1.807, 2.05) is 12.1 Å². The minimum absolute atomic E-state index is 0.0472. The summed E-state index contributed by atoms with van der Waals surface area (Å²) in [6.45, 7) is 3.90. The van der Waals surface area contributed by atoms with E-state index in [1.54, 1.807) is 17.4 Å². The lowest BCUT2D eigenvalue weighted by molar-refractivity contribution is 0.628. The maximum atomic E-state index is 13.6. The van der Waals surface area contributed by atoms with E-state index in [4.69, 9.17) is 21.6 Å². The summed E-state index contributed by atoms with van der Waals surface area (Å²) in [6, 6.07) is 14.9. The summed E-state index contributed by atoms with van der Waals surface area (Å²) in [7, 11) is 0. The molecule has 168 valence electrons. The molecule has 0 unspecified atom stereocenters. The number of halogens is 2. The minimum atomic E-state index is -0.464. The van der Waals surface area contributed by atoms with Gasteiger partial charge in [-0.15, -0.1) is 11.3 Å². The molecule has 1 atom stereocenters. The third kappa shape index (κ3) is 4.71. The van der Waals surface area contributed by atoms with Crippen LogP contribution >= 0.6 is 22.9 Å². The number of rotatable bonds is 6. The Bertz CT molecular complexity index is 1320. The number of aromatic nitrogens is 2. The molecule has 5 nitrogen and oxygen atoms in total. The van der Waals surface area contributed by atoms with E-state index in [2.05, 4.69) is 52.5 Å². The molecule has 33 heavy (non-hydrogen) atoms. The highest BCUT2D eigenvalue weighted by Crippen LogP contribution is 2.33. The molecular formula is C25H23ClFN5S. The van der Waals surface area contributed by atoms with E-state index in [-0.39, 0.29) is 11.1 Å². The van der Waals surface area contributed by atoms with Crippen molar-refractivity contribution in [1.29, 1.82) is 0 Å². The first kappa shape index (κ1) is 21.8. The summed E-state index contributed by atoms with van der Waals surface area (Å²) in [5.74, 6) is 0.704. The van der Waals surface area contributed by atoms with Crippen LogP contribution in [0.3, 0.4) is 0 Å². The Morgan fingerprint density at radius 3 is 2.82 bits per heavy atom. The average molecular weight is 480 g/mol. The summed E-state index contributed by atoms with van der Waals surface area (Å²) in [5.41, 5.74) is 3.86. The van der Waals surface area contributed by atoms with Gasteiger partial charge < -0.3 is 16.0 Å². The Morgan fingerprint density at radius 1 is 1.15 bits per heavy atom. The van der Waals surface area contributed by atoms with Crippen LogP contribution in [0.4, 0.5) is 21.8 Å². The predicted molar refractivity (Wildman–Crippen MR) is 136 cm³/mol. The monoisotopic (exact) mass is 479 g/mol. The van der Waals surface area contributed by atoms with Gasteiger partial charge in [0.05, 0.1) is 16.6 Å². The molecule has 2 aromatic heterocycles. The van der Waals surface area contributed by atoms with Crippen LogP contribution in [0, 0.1) is 5.82 Å². The summed E-state index contributed by atoms with van der Waals surface area (Å²) in [5, 5.41) is 13.2. The van der Waals surface area contributed by atoms with Crippen LogP contribution in [-0.4, -0.2) is 23.1 Å². The number of hydrogen-bond donors (Lipinski definition) is 3. The molecule has 3 heterocycles. The number of fused-ring (bicyclic) bond motifs is 1. The second-order valence-corrected chi connectivity index (χ2v) is 9.30. The maximum Gasteiger partial charge on any atom is 0.229 e. The van der Waals surface area contributed by atoms with Crippen LogP contribution in [0.5, 0.6) is 0 Å². The molecule has 0 aliphatic carbocycles. The largest absolute Gasteiger partial charge is 0.362 e. The van der Waals surface area contributed by atoms with Crippen molar-refractivity contribution in [1.82, 2.24) is 15.3 Å². The smallest absolute Gasteiger partial charge is 0.229 e. The first-order valence-corrected chi connectivity index (χ1v) is 12.1. The fourth-order valence-corrected chi connectivity index (χ4v) is 4.88. The minimum Gasteiger partial charge on any atom is -0.362 e. The predicted octanol–water partition coefficient (Wildman–Crippen LogP) is 6.78. The Hall–Kier alpha value is -3.00. The summed E-state index contributed by atoms with van der Waals surface area (Å²) in [4.78, 5) is 10.9. The number of para-hydroxylation sites is 1. The van der Waals surface area contributed by atoms with Gasteiger partial charge in [-0.05, 0) is 61.2 Å². The van der Waals surface area contributed by atoms with Gasteiger partial charge in [0.2, 0.25) is 5.95 Å². The molecule has 0 fully saturated rings. The topological polar surface area (TPSA) is 61.9 Å². The van der Waals surface area contributed by atoms with Gasteiger partial charge in [0, 0.05) is 28.1 Å². The van der Waals surface area contributed by atoms with Crippen molar-refractivity contribution < 1.29 is 4.39 Å². The van der Waals surface area contributed by atoms with E-state index in [9.17, 15) is 4.39 Å². The molecule has 2 aromatic carbocycles. The number of hydrogen-bond acceptors (Lipinski definition) is 6. The normalized spacial score (nSPS) is 14.7. The van der Waals surface area contributed by atoms with E-state index in [0.29, 0.717) is 11.6 Å². The zero-order chi connectivity index (χ0) is 22.8. The summed E-state index contributed by atoms with van der Waals surface area (Å²) < 4.78 is 13.6. The zero-order valence-corrected chi connectivity index (χ0v) is 19.6. The number of anilines is 3. The lowest BCUT2D eigenvalue weighted by atomic mass is 9.97. The first-order valence-electron chi connectivity index (χ1n) is 10.8. The number of benzene rings is 2. The third-order valence-corrected chi connectivity index (χ3v) is 6.98. The fourth-order valence-electron chi connectivity index (χ4n) is 3.96. The standard InChI is InChI=1S/C25H23ClFN5S/c1-15(22-6-3-13-33-22)29-24-19-5-2-4-18(16-9-11-28-12-10-16)23(19)31-25(32-24)30-17-7-8-21(27)20(26)14-17/h2-9,13-15,28H,10-12H2,1H3,(H2,29,30,31,32)/t15-/m1/s1. The van der Waals surface area contributed by atoms with Gasteiger partial charge in [0.25, 0.3) is 0 Å². The van der Waals surface area contributed by atoms with Crippen molar-refractivity contribution in [3.05, 3.63) is 81.3 Å². The van der Waals surface area contributed by atoms with Gasteiger partial charge in [-0.2, -0.15) is 4.98 Å². The molecule has 3 N–H and O–H groups in total. The van der Waals surface area contributed by atoms with Crippen molar-refractivity contribution in [3.63, 3.8) is 0 Å². The Kier molecular flexibility index (Phi) is 6.26. The molecule has 8 heteroatoms. The molecular weight excluding hydrogens is 457 g/mol. The average Bonchev–Trinajstić information content (AvgIpc) is 3.37. The Balaban J connectivity index is 1.61. The van der Waals surface area contributed by atoms with Crippen molar-refractivity contribution in [2.45, 2.75) is 19.4 Å². The Morgan fingerprint density at radius 2 is 2.06 bits per heavy atom. The lowest BCUT2D eigenvalue weighted by Crippen LogP contribution is -2.20. The first-order chi connectivity index (χ1) is 16.1. The molecule has 5 rings (SSSR count). The van der Waals surface area contributed by atoms with Crippen molar-refractivity contribution in [3.8, 4) is 0 Å². The van der Waals surface area contributed by atoms with Gasteiger partial charge in [0.1, 0.15) is 11.6 Å². The summed E-state index contributed by atoms with van der Waals surface area (Å²) in [6.07, 6.45) is 3.16. The van der Waals surface area contributed by atoms with Crippen LogP contribution < -0.4 is 16.0 Å². The summed E-state index contributed by atoms with van der Waals surface area (Å²) >= 11 is 7.68. The molecule has 4 aromatic rings. The van der Waals surface area contributed by atoms with Gasteiger partial charge in [-0.25, -0.2) is 9.37 Å². The molecule has 1 aliphatic rings. The molecule has 0 bridgehead atoms. The number of nitrogens with one attached hydrogen (secondary N) is 3. The van der Waals surface area contributed by atoms with Gasteiger partial charge in [0.15, 0.2) is 0 Å². The highest BCUT2D eigenvalue weighted by Gasteiger charge is 2.17. The molecule has 0 spiro atoms. The molecule has 0 radical (unpaired) electrons. The van der Waals surface area contributed by atoms with E-state index < -0.39 is 5.82 Å². The maximum absolute atomic E-state index is 13.6. The van der Waals surface area contributed by atoms with Crippen LogP contribution in [-0.2, 0) is 0 Å². The van der Waals surface area contributed by atoms with Crippen molar-refractivity contribution in [2.75, 3.05) is 23.7 Å². The van der Waals surface area contributed by atoms with Crippen LogP contribution in [0.15, 0.2) is 60.0 Å². The van der Waals surface area contributed by atoms with Gasteiger partial charge >= 0.3 is 0 Å². The van der Waals surface area contributed by atoms with Crippen LogP contribution in [0.2, 0.25) is 5.02 Å². The molecule has 0 saturated carbocycles. The number of thiophene rings is 1. The van der Waals surface area contributed by atoms with Gasteiger partial charge in [-0.3, -0.25) is 0 Å². The second-order valence-electron chi connectivity index (χ2n) is 7.92. The SMILES string of the molecule is C[C@@H](Nc1nc(Nc2ccc(F)c(Cl)c2)nc2c(C3=CCNCC3)cccc12)c1cccs1. The van der Waals surface area contributed by atoms with Crippen molar-refractivity contribution >= 4 is 56.9 Å². The van der Waals surface area contributed by atoms with E-state index in [1.165, 1.54) is 22.6 Å². The fraction of sp³-hybridized carbons (Fsp3) is 0.200. The number of nitrogens with zero attached hydrogens (tertiary/aromatic N) is 2. The van der Waals surface area contributed by atoms with E-state index in [0.717, 1.165) is 41.8 Å². The molecule has 1 aliphatic heterocycles. The second kappa shape index (κ2) is 9.47. The van der Waals surface area contributed by atoms with Crippen molar-refractivity contribution in [2.24, 2.45) is 0 Å². The lowest BCUT2D eigenvalue weighted by Gasteiger charge is -2.19. The zero-order valence-electron chi connectivity index (χ0n) is 18.0. The highest BCUT2D eigenvalue weighted by molar-refractivity contribution is 7.10. The quantitative estimate of drug-likeness (QED) is 0.284. The van der Waals surface area contributed by atoms with Crippen LogP contribution in [0.1, 0.15) is 29.8 Å². The highest BCUT2D eigenvalue weighted by atomic mass is 35.5. The molecule has 0 amide bonds. The Labute approximate surface area is 200 Å². The molecule has 0 saturated heterocycles. The van der Waals surface area contributed by atoms with Gasteiger partial charge in [-0.1, -0.05) is 35.9 Å².